The molecule has 2 aromatic rings. The van der Waals surface area contributed by atoms with Crippen LogP contribution in [0.15, 0.2) is 24.4 Å². The summed E-state index contributed by atoms with van der Waals surface area (Å²) in [6, 6.07) is 5.41. The fourth-order valence-corrected chi connectivity index (χ4v) is 3.58. The van der Waals surface area contributed by atoms with Crippen molar-refractivity contribution in [3.63, 3.8) is 0 Å². The van der Waals surface area contributed by atoms with Crippen molar-refractivity contribution < 1.29 is 14.3 Å². The lowest BCUT2D eigenvalue weighted by Gasteiger charge is -2.35. The fraction of sp³-hybridized carbons (Fsp3) is 0.500. The van der Waals surface area contributed by atoms with Crippen LogP contribution in [0.5, 0.6) is 5.88 Å². The Morgan fingerprint density at radius 3 is 2.52 bits per heavy atom. The summed E-state index contributed by atoms with van der Waals surface area (Å²) in [7, 11) is 1.54. The number of ether oxygens (including phenoxy) is 2. The third-order valence-electron chi connectivity index (χ3n) is 5.20. The van der Waals surface area contributed by atoms with E-state index in [0.717, 1.165) is 43.8 Å². The minimum absolute atomic E-state index is 0.00971. The summed E-state index contributed by atoms with van der Waals surface area (Å²) in [5.41, 5.74) is 1.53. The molecule has 4 rings (SSSR count). The van der Waals surface area contributed by atoms with Crippen molar-refractivity contribution in [3.05, 3.63) is 35.7 Å². The van der Waals surface area contributed by atoms with Crippen molar-refractivity contribution in [1.82, 2.24) is 19.9 Å². The predicted molar refractivity (Wildman–Crippen MR) is 109 cm³/mol. The smallest absolute Gasteiger partial charge is 0.254 e. The summed E-state index contributed by atoms with van der Waals surface area (Å²) in [4.78, 5) is 32.5. The number of methoxy groups -OCH3 is 1. The maximum atomic E-state index is 12.8. The van der Waals surface area contributed by atoms with Crippen LogP contribution < -0.4 is 14.5 Å². The highest BCUT2D eigenvalue weighted by Gasteiger charge is 2.25. The van der Waals surface area contributed by atoms with Gasteiger partial charge in [0.2, 0.25) is 11.8 Å². The number of carbonyl (C=O) groups is 1. The average Bonchev–Trinajstić information content (AvgIpc) is 2.79. The van der Waals surface area contributed by atoms with Crippen LogP contribution in [0.25, 0.3) is 0 Å². The van der Waals surface area contributed by atoms with Gasteiger partial charge in [-0.05, 0) is 13.0 Å². The molecule has 9 heteroatoms. The van der Waals surface area contributed by atoms with E-state index in [9.17, 15) is 4.79 Å². The molecule has 0 atom stereocenters. The number of rotatable bonds is 4. The standard InChI is InChI=1S/C20H26N6O3/c1-15-13-17(24-9-11-29-12-10-24)23-20(22-15)26-7-5-25(6-8-26)19(27)16-3-4-21-18(14-16)28-2/h3-4,13-14H,5-12H2,1-2H3. The van der Waals surface area contributed by atoms with Crippen molar-refractivity contribution in [2.45, 2.75) is 6.92 Å². The minimum atomic E-state index is -0.00971. The van der Waals surface area contributed by atoms with Gasteiger partial charge in [0.1, 0.15) is 5.82 Å². The molecule has 0 unspecified atom stereocenters. The number of piperazine rings is 1. The van der Waals surface area contributed by atoms with Gasteiger partial charge in [-0.3, -0.25) is 4.79 Å². The number of aromatic nitrogens is 3. The summed E-state index contributed by atoms with van der Waals surface area (Å²) in [5, 5.41) is 0. The molecular formula is C20H26N6O3. The lowest BCUT2D eigenvalue weighted by atomic mass is 10.2. The quantitative estimate of drug-likeness (QED) is 0.754. The van der Waals surface area contributed by atoms with Crippen molar-refractivity contribution in [2.24, 2.45) is 0 Å². The highest BCUT2D eigenvalue weighted by molar-refractivity contribution is 5.94. The number of carbonyl (C=O) groups excluding carboxylic acids is 1. The zero-order valence-corrected chi connectivity index (χ0v) is 16.9. The highest BCUT2D eigenvalue weighted by Crippen LogP contribution is 2.20. The van der Waals surface area contributed by atoms with Crippen molar-refractivity contribution in [3.8, 4) is 5.88 Å². The van der Waals surface area contributed by atoms with Crippen LogP contribution in [0.2, 0.25) is 0 Å². The van der Waals surface area contributed by atoms with Crippen molar-refractivity contribution in [2.75, 3.05) is 69.4 Å². The first kappa shape index (κ1) is 19.4. The predicted octanol–water partition coefficient (Wildman–Crippen LogP) is 0.988. The number of hydrogen-bond donors (Lipinski definition) is 0. The third kappa shape index (κ3) is 4.40. The third-order valence-corrected chi connectivity index (χ3v) is 5.20. The summed E-state index contributed by atoms with van der Waals surface area (Å²) < 4.78 is 10.6. The Kier molecular flexibility index (Phi) is 5.75. The molecule has 0 spiro atoms. The fourth-order valence-electron chi connectivity index (χ4n) is 3.58. The second-order valence-corrected chi connectivity index (χ2v) is 7.13. The van der Waals surface area contributed by atoms with Gasteiger partial charge in [0.25, 0.3) is 5.91 Å². The van der Waals surface area contributed by atoms with E-state index in [1.807, 2.05) is 17.9 Å². The van der Waals surface area contributed by atoms with E-state index in [1.165, 1.54) is 0 Å². The molecule has 2 aromatic heterocycles. The molecule has 1 amide bonds. The monoisotopic (exact) mass is 398 g/mol. The molecule has 4 heterocycles. The van der Waals surface area contributed by atoms with E-state index < -0.39 is 0 Å². The molecule has 29 heavy (non-hydrogen) atoms. The summed E-state index contributed by atoms with van der Waals surface area (Å²) >= 11 is 0. The minimum Gasteiger partial charge on any atom is -0.481 e. The van der Waals surface area contributed by atoms with E-state index in [1.54, 1.807) is 25.4 Å². The van der Waals surface area contributed by atoms with Crippen molar-refractivity contribution in [1.29, 1.82) is 0 Å². The van der Waals surface area contributed by atoms with Gasteiger partial charge >= 0.3 is 0 Å². The summed E-state index contributed by atoms with van der Waals surface area (Å²) in [6.45, 7) is 7.74. The van der Waals surface area contributed by atoms with Crippen LogP contribution in [-0.4, -0.2) is 85.4 Å². The molecule has 2 saturated heterocycles. The SMILES string of the molecule is COc1cc(C(=O)N2CCN(c3nc(C)cc(N4CCOCC4)n3)CC2)ccn1. The van der Waals surface area contributed by atoms with Crippen LogP contribution in [0.3, 0.4) is 0 Å². The Morgan fingerprint density at radius 1 is 1.03 bits per heavy atom. The molecule has 0 aliphatic carbocycles. The molecule has 0 aromatic carbocycles. The second kappa shape index (κ2) is 8.60. The number of hydrogen-bond acceptors (Lipinski definition) is 8. The lowest BCUT2D eigenvalue weighted by molar-refractivity contribution is 0.0745. The number of aryl methyl sites for hydroxylation is 1. The normalized spacial score (nSPS) is 17.4. The number of anilines is 2. The van der Waals surface area contributed by atoms with Gasteiger partial charge in [-0.25, -0.2) is 9.97 Å². The Bertz CT molecular complexity index is 863. The molecule has 0 radical (unpaired) electrons. The van der Waals surface area contributed by atoms with Crippen LogP contribution in [0, 0.1) is 6.92 Å². The number of morpholine rings is 1. The maximum Gasteiger partial charge on any atom is 0.254 e. The molecule has 9 nitrogen and oxygen atoms in total. The van der Waals surface area contributed by atoms with Gasteiger partial charge in [-0.15, -0.1) is 0 Å². The largest absolute Gasteiger partial charge is 0.481 e. The summed E-state index contributed by atoms with van der Waals surface area (Å²) in [5.74, 6) is 2.10. The first-order chi connectivity index (χ1) is 14.1. The molecule has 154 valence electrons. The van der Waals surface area contributed by atoms with E-state index in [-0.39, 0.29) is 5.91 Å². The van der Waals surface area contributed by atoms with E-state index in [2.05, 4.69) is 19.8 Å². The van der Waals surface area contributed by atoms with Crippen molar-refractivity contribution >= 4 is 17.7 Å². The zero-order valence-electron chi connectivity index (χ0n) is 16.9. The van der Waals surface area contributed by atoms with Gasteiger partial charge < -0.3 is 24.2 Å². The topological polar surface area (TPSA) is 83.9 Å². The van der Waals surface area contributed by atoms with Crippen LogP contribution in [0.4, 0.5) is 11.8 Å². The Hall–Kier alpha value is -2.94. The van der Waals surface area contributed by atoms with Crippen LogP contribution in [0.1, 0.15) is 16.1 Å². The summed E-state index contributed by atoms with van der Waals surface area (Å²) in [6.07, 6.45) is 1.59. The van der Waals surface area contributed by atoms with E-state index in [0.29, 0.717) is 37.6 Å². The molecular weight excluding hydrogens is 372 g/mol. The first-order valence-electron chi connectivity index (χ1n) is 9.86. The molecule has 0 bridgehead atoms. The second-order valence-electron chi connectivity index (χ2n) is 7.13. The molecule has 2 aliphatic rings. The molecule has 2 aliphatic heterocycles. The van der Waals surface area contributed by atoms with Gasteiger partial charge in [0.05, 0.1) is 20.3 Å². The van der Waals surface area contributed by atoms with Crippen LogP contribution in [-0.2, 0) is 4.74 Å². The Balaban J connectivity index is 1.42. The molecule has 0 saturated carbocycles. The average molecular weight is 398 g/mol. The Labute approximate surface area is 170 Å². The van der Waals surface area contributed by atoms with Gasteiger partial charge in [0, 0.05) is 68.9 Å². The molecule has 0 N–H and O–H groups in total. The van der Waals surface area contributed by atoms with E-state index >= 15 is 0 Å². The van der Waals surface area contributed by atoms with E-state index in [4.69, 9.17) is 14.5 Å². The van der Waals surface area contributed by atoms with Gasteiger partial charge in [0.15, 0.2) is 0 Å². The highest BCUT2D eigenvalue weighted by atomic mass is 16.5. The van der Waals surface area contributed by atoms with Gasteiger partial charge in [-0.2, -0.15) is 4.98 Å². The first-order valence-corrected chi connectivity index (χ1v) is 9.86. The number of amides is 1. The maximum absolute atomic E-state index is 12.8. The lowest BCUT2D eigenvalue weighted by Crippen LogP contribution is -2.49. The Morgan fingerprint density at radius 2 is 1.79 bits per heavy atom. The van der Waals surface area contributed by atoms with Crippen LogP contribution >= 0.6 is 0 Å². The zero-order chi connectivity index (χ0) is 20.2. The van der Waals surface area contributed by atoms with Gasteiger partial charge in [-0.1, -0.05) is 0 Å². The number of pyridine rings is 1. The molecule has 2 fully saturated rings. The number of nitrogens with zero attached hydrogens (tertiary/aromatic N) is 6.